The Balaban J connectivity index is 2.15. The second-order valence-electron chi connectivity index (χ2n) is 6.00. The number of carbonyl (C=O) groups excluding carboxylic acids is 1. The van der Waals surface area contributed by atoms with E-state index >= 15 is 0 Å². The molecule has 5 heteroatoms. The molecule has 2 rings (SSSR count). The molecule has 0 saturated heterocycles. The Hall–Kier alpha value is -1.52. The van der Waals surface area contributed by atoms with E-state index < -0.39 is 5.60 Å². The van der Waals surface area contributed by atoms with Gasteiger partial charge in [-0.2, -0.15) is 5.10 Å². The van der Waals surface area contributed by atoms with Gasteiger partial charge in [-0.3, -0.25) is 4.68 Å². The Morgan fingerprint density at radius 3 is 2.68 bits per heavy atom. The molecule has 0 fully saturated rings. The Labute approximate surface area is 114 Å². The van der Waals surface area contributed by atoms with Gasteiger partial charge in [-0.15, -0.1) is 0 Å². The molecule has 1 aromatic heterocycles. The number of nitrogens with zero attached hydrogens (tertiary/aromatic N) is 3. The average Bonchev–Trinajstić information content (AvgIpc) is 2.60. The first-order valence-electron chi connectivity index (χ1n) is 6.83. The van der Waals surface area contributed by atoms with Crippen LogP contribution in [0.5, 0.6) is 0 Å². The SMILES string of the molecule is CCc1c2c(nn1C)CCN(C(=O)OC(C)(C)C)C2. The highest BCUT2D eigenvalue weighted by atomic mass is 16.6. The number of hydrogen-bond donors (Lipinski definition) is 0. The molecule has 2 heterocycles. The van der Waals surface area contributed by atoms with Gasteiger partial charge < -0.3 is 9.64 Å². The zero-order valence-corrected chi connectivity index (χ0v) is 12.5. The van der Waals surface area contributed by atoms with Crippen molar-refractivity contribution < 1.29 is 9.53 Å². The van der Waals surface area contributed by atoms with Crippen LogP contribution in [0, 0.1) is 0 Å². The summed E-state index contributed by atoms with van der Waals surface area (Å²) in [5.41, 5.74) is 3.09. The molecule has 0 N–H and O–H groups in total. The van der Waals surface area contributed by atoms with Crippen molar-refractivity contribution in [2.24, 2.45) is 7.05 Å². The molecule has 0 saturated carbocycles. The molecule has 0 bridgehead atoms. The van der Waals surface area contributed by atoms with E-state index in [0.717, 1.165) is 18.5 Å². The lowest BCUT2D eigenvalue weighted by atomic mass is 10.0. The standard InChI is InChI=1S/C14H23N3O2/c1-6-12-10-9-17(13(18)19-14(2,3)4)8-7-11(10)15-16(12)5/h6-9H2,1-5H3. The van der Waals surface area contributed by atoms with Crippen LogP contribution in [0.25, 0.3) is 0 Å². The van der Waals surface area contributed by atoms with E-state index in [-0.39, 0.29) is 6.09 Å². The predicted octanol–water partition coefficient (Wildman–Crippen LogP) is 2.28. The molecule has 19 heavy (non-hydrogen) atoms. The minimum absolute atomic E-state index is 0.232. The van der Waals surface area contributed by atoms with Crippen LogP contribution in [0.1, 0.15) is 44.6 Å². The van der Waals surface area contributed by atoms with Crippen molar-refractivity contribution in [3.05, 3.63) is 17.0 Å². The van der Waals surface area contributed by atoms with Gasteiger partial charge in [0.2, 0.25) is 0 Å². The fourth-order valence-electron chi connectivity index (χ4n) is 2.48. The summed E-state index contributed by atoms with van der Waals surface area (Å²) in [5, 5.41) is 4.53. The third-order valence-electron chi connectivity index (χ3n) is 3.31. The minimum atomic E-state index is -0.445. The lowest BCUT2D eigenvalue weighted by Crippen LogP contribution is -2.40. The number of fused-ring (bicyclic) bond motifs is 1. The number of amides is 1. The van der Waals surface area contributed by atoms with Crippen molar-refractivity contribution in [2.75, 3.05) is 6.54 Å². The lowest BCUT2D eigenvalue weighted by Gasteiger charge is -2.30. The largest absolute Gasteiger partial charge is 0.444 e. The number of aromatic nitrogens is 2. The van der Waals surface area contributed by atoms with Crippen LogP contribution >= 0.6 is 0 Å². The van der Waals surface area contributed by atoms with Crippen molar-refractivity contribution in [1.82, 2.24) is 14.7 Å². The summed E-state index contributed by atoms with van der Waals surface area (Å²) < 4.78 is 7.37. The molecule has 0 unspecified atom stereocenters. The minimum Gasteiger partial charge on any atom is -0.444 e. The van der Waals surface area contributed by atoms with Crippen LogP contribution in [-0.2, 0) is 31.2 Å². The predicted molar refractivity (Wildman–Crippen MR) is 72.9 cm³/mol. The van der Waals surface area contributed by atoms with E-state index in [1.165, 1.54) is 11.3 Å². The molecular weight excluding hydrogens is 242 g/mol. The van der Waals surface area contributed by atoms with Gasteiger partial charge in [-0.05, 0) is 27.2 Å². The zero-order valence-electron chi connectivity index (χ0n) is 12.5. The highest BCUT2D eigenvalue weighted by Crippen LogP contribution is 2.23. The first kappa shape index (κ1) is 13.9. The number of aryl methyl sites for hydroxylation is 1. The third-order valence-corrected chi connectivity index (χ3v) is 3.31. The molecule has 0 aliphatic carbocycles. The van der Waals surface area contributed by atoms with Crippen LogP contribution in [0.15, 0.2) is 0 Å². The maximum Gasteiger partial charge on any atom is 0.410 e. The lowest BCUT2D eigenvalue weighted by molar-refractivity contribution is 0.0223. The third kappa shape index (κ3) is 2.91. The molecule has 1 aliphatic heterocycles. The summed E-state index contributed by atoms with van der Waals surface area (Å²) in [6.07, 6.45) is 1.51. The van der Waals surface area contributed by atoms with Gasteiger partial charge in [-0.25, -0.2) is 4.79 Å². The molecule has 5 nitrogen and oxygen atoms in total. The molecule has 0 atom stereocenters. The van der Waals surface area contributed by atoms with Crippen LogP contribution < -0.4 is 0 Å². The van der Waals surface area contributed by atoms with Gasteiger partial charge in [0.25, 0.3) is 0 Å². The molecule has 106 valence electrons. The second-order valence-corrected chi connectivity index (χ2v) is 6.00. The normalized spacial score (nSPS) is 15.3. The van der Waals surface area contributed by atoms with Crippen LogP contribution in [-0.4, -0.2) is 32.9 Å². The number of ether oxygens (including phenoxy) is 1. The van der Waals surface area contributed by atoms with Gasteiger partial charge >= 0.3 is 6.09 Å². The van der Waals surface area contributed by atoms with Gasteiger partial charge in [0.1, 0.15) is 5.60 Å². The van der Waals surface area contributed by atoms with E-state index in [9.17, 15) is 4.79 Å². The first-order chi connectivity index (χ1) is 8.81. The molecule has 0 spiro atoms. The van der Waals surface area contributed by atoms with Gasteiger partial charge in [0.05, 0.1) is 12.2 Å². The maximum atomic E-state index is 12.1. The highest BCUT2D eigenvalue weighted by Gasteiger charge is 2.28. The van der Waals surface area contributed by atoms with Crippen molar-refractivity contribution >= 4 is 6.09 Å². The smallest absolute Gasteiger partial charge is 0.410 e. The Kier molecular flexibility index (Phi) is 3.56. The number of carbonyl (C=O) groups is 1. The summed E-state index contributed by atoms with van der Waals surface area (Å²) in [7, 11) is 1.97. The second kappa shape index (κ2) is 4.87. The maximum absolute atomic E-state index is 12.1. The van der Waals surface area contributed by atoms with Gasteiger partial charge in [0, 0.05) is 31.3 Å². The molecule has 1 amide bonds. The fourth-order valence-corrected chi connectivity index (χ4v) is 2.48. The summed E-state index contributed by atoms with van der Waals surface area (Å²) in [5.74, 6) is 0. The van der Waals surface area contributed by atoms with Crippen molar-refractivity contribution in [1.29, 1.82) is 0 Å². The van der Waals surface area contributed by atoms with Crippen molar-refractivity contribution in [3.63, 3.8) is 0 Å². The van der Waals surface area contributed by atoms with Crippen molar-refractivity contribution in [3.8, 4) is 0 Å². The summed E-state index contributed by atoms with van der Waals surface area (Å²) >= 11 is 0. The highest BCUT2D eigenvalue weighted by molar-refractivity contribution is 5.68. The Morgan fingerprint density at radius 2 is 2.11 bits per heavy atom. The van der Waals surface area contributed by atoms with E-state index in [1.807, 2.05) is 32.5 Å². The summed E-state index contributed by atoms with van der Waals surface area (Å²) in [4.78, 5) is 13.9. The van der Waals surface area contributed by atoms with Crippen LogP contribution in [0.3, 0.4) is 0 Å². The topological polar surface area (TPSA) is 47.4 Å². The summed E-state index contributed by atoms with van der Waals surface area (Å²) in [6.45, 7) is 9.08. The van der Waals surface area contributed by atoms with Crippen molar-refractivity contribution in [2.45, 2.75) is 52.7 Å². The van der Waals surface area contributed by atoms with E-state index in [2.05, 4.69) is 12.0 Å². The molecule has 0 radical (unpaired) electrons. The van der Waals surface area contributed by atoms with E-state index in [0.29, 0.717) is 13.1 Å². The van der Waals surface area contributed by atoms with Crippen LogP contribution in [0.4, 0.5) is 4.79 Å². The van der Waals surface area contributed by atoms with Gasteiger partial charge in [0.15, 0.2) is 0 Å². The van der Waals surface area contributed by atoms with Crippen LogP contribution in [0.2, 0.25) is 0 Å². The Bertz CT molecular complexity index is 486. The number of rotatable bonds is 1. The summed E-state index contributed by atoms with van der Waals surface area (Å²) in [6, 6.07) is 0. The van der Waals surface area contributed by atoms with Gasteiger partial charge in [-0.1, -0.05) is 6.92 Å². The fraction of sp³-hybridized carbons (Fsp3) is 0.714. The van der Waals surface area contributed by atoms with E-state index in [4.69, 9.17) is 4.74 Å². The molecule has 1 aromatic rings. The molecular formula is C14H23N3O2. The zero-order chi connectivity index (χ0) is 14.2. The molecule has 1 aliphatic rings. The Morgan fingerprint density at radius 1 is 1.42 bits per heavy atom. The number of hydrogen-bond acceptors (Lipinski definition) is 3. The molecule has 0 aromatic carbocycles. The average molecular weight is 265 g/mol. The monoisotopic (exact) mass is 265 g/mol. The quantitative estimate of drug-likeness (QED) is 0.782. The first-order valence-corrected chi connectivity index (χ1v) is 6.83. The van der Waals surface area contributed by atoms with E-state index in [1.54, 1.807) is 4.90 Å².